The van der Waals surface area contributed by atoms with Gasteiger partial charge in [-0.3, -0.25) is 9.48 Å². The van der Waals surface area contributed by atoms with Crippen molar-refractivity contribution >= 4 is 17.6 Å². The number of carbonyl (C=O) groups excluding carboxylic acids is 2. The zero-order valence-electron chi connectivity index (χ0n) is 15.4. The average molecular weight is 355 g/mol. The Morgan fingerprint density at radius 3 is 2.88 bits per heavy atom. The third-order valence-corrected chi connectivity index (χ3v) is 4.48. The first kappa shape index (κ1) is 18.0. The molecule has 0 saturated carbocycles. The third kappa shape index (κ3) is 4.04. The first-order valence-corrected chi connectivity index (χ1v) is 8.93. The highest BCUT2D eigenvalue weighted by Gasteiger charge is 2.25. The van der Waals surface area contributed by atoms with E-state index in [1.54, 1.807) is 24.3 Å². The quantitative estimate of drug-likeness (QED) is 0.788. The Balaban J connectivity index is 1.69. The Hall–Kier alpha value is -2.83. The standard InChI is InChI=1S/C19H25N5O2/c1-12(2)21-19(26)22-14-7-4-6-13(10-14)18(25)23-16-8-5-9-17-15(16)11-20-24(17)3/h4,6-7,10-12,16H,5,8-9H2,1-3H3,(H,23,25)(H2,21,22,26)/t16-/m0/s1. The summed E-state index contributed by atoms with van der Waals surface area (Å²) < 4.78 is 1.88. The summed E-state index contributed by atoms with van der Waals surface area (Å²) in [6, 6.07) is 6.68. The summed E-state index contributed by atoms with van der Waals surface area (Å²) in [5.74, 6) is -0.153. The number of hydrogen-bond acceptors (Lipinski definition) is 3. The fourth-order valence-electron chi connectivity index (χ4n) is 3.27. The minimum Gasteiger partial charge on any atom is -0.345 e. The van der Waals surface area contributed by atoms with Gasteiger partial charge in [0.2, 0.25) is 0 Å². The molecule has 1 aromatic heterocycles. The molecular formula is C19H25N5O2. The summed E-state index contributed by atoms with van der Waals surface area (Å²) in [6.45, 7) is 3.78. The topological polar surface area (TPSA) is 88.1 Å². The molecule has 26 heavy (non-hydrogen) atoms. The van der Waals surface area contributed by atoms with Gasteiger partial charge in [0.25, 0.3) is 5.91 Å². The largest absolute Gasteiger partial charge is 0.345 e. The van der Waals surface area contributed by atoms with Gasteiger partial charge in [-0.15, -0.1) is 0 Å². The van der Waals surface area contributed by atoms with E-state index in [4.69, 9.17) is 0 Å². The Morgan fingerprint density at radius 2 is 2.12 bits per heavy atom. The second kappa shape index (κ2) is 7.59. The number of benzene rings is 1. The predicted molar refractivity (Wildman–Crippen MR) is 100 cm³/mol. The van der Waals surface area contributed by atoms with Crippen molar-refractivity contribution in [3.8, 4) is 0 Å². The molecule has 3 amide bonds. The Labute approximate surface area is 153 Å². The van der Waals surface area contributed by atoms with E-state index in [-0.39, 0.29) is 24.0 Å². The van der Waals surface area contributed by atoms with Crippen LogP contribution >= 0.6 is 0 Å². The van der Waals surface area contributed by atoms with Crippen LogP contribution < -0.4 is 16.0 Å². The minimum atomic E-state index is -0.287. The maximum absolute atomic E-state index is 12.7. The number of nitrogens with one attached hydrogen (secondary N) is 3. The van der Waals surface area contributed by atoms with E-state index in [0.717, 1.165) is 24.8 Å². The van der Waals surface area contributed by atoms with Crippen molar-refractivity contribution in [1.29, 1.82) is 0 Å². The van der Waals surface area contributed by atoms with Crippen LogP contribution in [0.25, 0.3) is 0 Å². The lowest BCUT2D eigenvalue weighted by molar-refractivity contribution is 0.0932. The molecule has 0 fully saturated rings. The SMILES string of the molecule is CC(C)NC(=O)Nc1cccc(C(=O)N[C@H]2CCCc3c2cnn3C)c1. The van der Waals surface area contributed by atoms with Crippen molar-refractivity contribution in [3.63, 3.8) is 0 Å². The maximum Gasteiger partial charge on any atom is 0.319 e. The second-order valence-electron chi connectivity index (χ2n) is 6.92. The fraction of sp³-hybridized carbons (Fsp3) is 0.421. The number of urea groups is 1. The number of rotatable bonds is 4. The van der Waals surface area contributed by atoms with Gasteiger partial charge in [0.15, 0.2) is 0 Å². The lowest BCUT2D eigenvalue weighted by Crippen LogP contribution is -2.34. The summed E-state index contributed by atoms with van der Waals surface area (Å²) >= 11 is 0. The van der Waals surface area contributed by atoms with Crippen LogP contribution in [-0.2, 0) is 13.5 Å². The van der Waals surface area contributed by atoms with E-state index in [9.17, 15) is 9.59 Å². The molecular weight excluding hydrogens is 330 g/mol. The number of nitrogens with zero attached hydrogens (tertiary/aromatic N) is 2. The molecule has 1 atom stereocenters. The van der Waals surface area contributed by atoms with Crippen LogP contribution in [-0.4, -0.2) is 27.8 Å². The summed E-state index contributed by atoms with van der Waals surface area (Å²) in [5, 5.41) is 12.9. The third-order valence-electron chi connectivity index (χ3n) is 4.48. The highest BCUT2D eigenvalue weighted by atomic mass is 16.2. The van der Waals surface area contributed by atoms with Crippen molar-refractivity contribution in [3.05, 3.63) is 47.3 Å². The molecule has 1 aromatic carbocycles. The average Bonchev–Trinajstić information content (AvgIpc) is 2.97. The Morgan fingerprint density at radius 1 is 1.31 bits per heavy atom. The van der Waals surface area contributed by atoms with E-state index in [2.05, 4.69) is 21.0 Å². The summed E-state index contributed by atoms with van der Waals surface area (Å²) in [5.41, 5.74) is 3.38. The van der Waals surface area contributed by atoms with Crippen LogP contribution in [0.5, 0.6) is 0 Å². The van der Waals surface area contributed by atoms with E-state index < -0.39 is 0 Å². The van der Waals surface area contributed by atoms with Crippen LogP contribution in [0.2, 0.25) is 0 Å². The zero-order valence-corrected chi connectivity index (χ0v) is 15.4. The number of fused-ring (bicyclic) bond motifs is 1. The molecule has 1 aliphatic carbocycles. The molecule has 1 aliphatic rings. The fourth-order valence-corrected chi connectivity index (χ4v) is 3.27. The summed E-state index contributed by atoms with van der Waals surface area (Å²) in [7, 11) is 1.93. The molecule has 0 bridgehead atoms. The van der Waals surface area contributed by atoms with Gasteiger partial charge in [-0.2, -0.15) is 5.10 Å². The van der Waals surface area contributed by atoms with E-state index in [1.807, 2.05) is 31.8 Å². The zero-order chi connectivity index (χ0) is 18.7. The van der Waals surface area contributed by atoms with Crippen LogP contribution in [0.15, 0.2) is 30.5 Å². The van der Waals surface area contributed by atoms with Crippen LogP contribution in [0, 0.1) is 0 Å². The van der Waals surface area contributed by atoms with Crippen LogP contribution in [0.4, 0.5) is 10.5 Å². The Kier molecular flexibility index (Phi) is 5.25. The van der Waals surface area contributed by atoms with Gasteiger partial charge in [-0.05, 0) is 51.3 Å². The molecule has 7 heteroatoms. The van der Waals surface area contributed by atoms with Gasteiger partial charge in [-0.1, -0.05) is 6.07 Å². The van der Waals surface area contributed by atoms with Gasteiger partial charge in [0.05, 0.1) is 12.2 Å². The molecule has 138 valence electrons. The predicted octanol–water partition coefficient (Wildman–Crippen LogP) is 2.76. The molecule has 2 aromatic rings. The molecule has 0 unspecified atom stereocenters. The van der Waals surface area contributed by atoms with Crippen molar-refractivity contribution in [2.45, 2.75) is 45.2 Å². The van der Waals surface area contributed by atoms with Crippen LogP contribution in [0.1, 0.15) is 54.3 Å². The maximum atomic E-state index is 12.7. The van der Waals surface area contributed by atoms with Gasteiger partial charge < -0.3 is 16.0 Å². The number of carbonyl (C=O) groups is 2. The first-order chi connectivity index (χ1) is 12.4. The number of hydrogen-bond donors (Lipinski definition) is 3. The summed E-state index contributed by atoms with van der Waals surface area (Å²) in [6.07, 6.45) is 4.75. The lowest BCUT2D eigenvalue weighted by Gasteiger charge is -2.24. The van der Waals surface area contributed by atoms with Gasteiger partial charge >= 0.3 is 6.03 Å². The highest BCUT2D eigenvalue weighted by molar-refractivity contribution is 5.97. The van der Waals surface area contributed by atoms with Gasteiger partial charge in [0.1, 0.15) is 0 Å². The highest BCUT2D eigenvalue weighted by Crippen LogP contribution is 2.29. The molecule has 0 aliphatic heterocycles. The number of aryl methyl sites for hydroxylation is 1. The molecule has 3 rings (SSSR count). The number of amides is 3. The molecule has 0 spiro atoms. The monoisotopic (exact) mass is 355 g/mol. The van der Waals surface area contributed by atoms with E-state index in [1.165, 1.54) is 5.69 Å². The number of anilines is 1. The molecule has 0 saturated heterocycles. The first-order valence-electron chi connectivity index (χ1n) is 8.93. The van der Waals surface area contributed by atoms with Crippen LogP contribution in [0.3, 0.4) is 0 Å². The van der Waals surface area contributed by atoms with Crippen molar-refractivity contribution in [2.24, 2.45) is 7.05 Å². The molecule has 7 nitrogen and oxygen atoms in total. The molecule has 1 heterocycles. The van der Waals surface area contributed by atoms with Crippen molar-refractivity contribution in [1.82, 2.24) is 20.4 Å². The van der Waals surface area contributed by atoms with Gasteiger partial charge in [-0.25, -0.2) is 4.79 Å². The minimum absolute atomic E-state index is 0.0270. The number of aromatic nitrogens is 2. The molecule has 3 N–H and O–H groups in total. The second-order valence-corrected chi connectivity index (χ2v) is 6.92. The molecule has 0 radical (unpaired) electrons. The Bertz CT molecular complexity index is 812. The van der Waals surface area contributed by atoms with Crippen molar-refractivity contribution in [2.75, 3.05) is 5.32 Å². The van der Waals surface area contributed by atoms with Crippen molar-refractivity contribution < 1.29 is 9.59 Å². The van der Waals surface area contributed by atoms with E-state index >= 15 is 0 Å². The lowest BCUT2D eigenvalue weighted by atomic mass is 9.92. The van der Waals surface area contributed by atoms with E-state index in [0.29, 0.717) is 11.3 Å². The summed E-state index contributed by atoms with van der Waals surface area (Å²) in [4.78, 5) is 24.5. The van der Waals surface area contributed by atoms with Gasteiger partial charge in [0, 0.05) is 35.6 Å². The normalized spacial score (nSPS) is 16.1. The smallest absolute Gasteiger partial charge is 0.319 e.